The Morgan fingerprint density at radius 2 is 1.86 bits per heavy atom. The third kappa shape index (κ3) is 6.35. The van der Waals surface area contributed by atoms with Crippen molar-refractivity contribution in [1.82, 2.24) is 15.1 Å². The molecule has 0 spiro atoms. The zero-order chi connectivity index (χ0) is 20.6. The first-order valence-electron chi connectivity index (χ1n) is 10.4. The normalized spacial score (nSPS) is 21.0. The Balaban J connectivity index is 1.99. The number of amides is 2. The van der Waals surface area contributed by atoms with Crippen molar-refractivity contribution < 1.29 is 19.1 Å². The summed E-state index contributed by atoms with van der Waals surface area (Å²) in [5.74, 6) is -0.196. The van der Waals surface area contributed by atoms with Crippen molar-refractivity contribution in [3.05, 3.63) is 0 Å². The molecule has 8 nitrogen and oxygen atoms in total. The summed E-state index contributed by atoms with van der Waals surface area (Å²) in [4.78, 5) is 29.3. The number of carbonyl (C=O) groups is 2. The molecule has 2 amide bonds. The lowest BCUT2D eigenvalue weighted by atomic mass is 9.88. The molecule has 158 valence electrons. The van der Waals surface area contributed by atoms with Gasteiger partial charge < -0.3 is 24.6 Å². The molecule has 0 radical (unpaired) electrons. The molecule has 2 rings (SSSR count). The molecule has 2 aliphatic heterocycles. The Morgan fingerprint density at radius 3 is 2.39 bits per heavy atom. The zero-order valence-electron chi connectivity index (χ0n) is 17.4. The Bertz CT molecular complexity index is 561. The molecular formula is C20H34N4O4. The van der Waals surface area contributed by atoms with Crippen molar-refractivity contribution >= 4 is 12.0 Å². The molecule has 2 aliphatic rings. The first-order valence-corrected chi connectivity index (χ1v) is 10.4. The molecule has 0 unspecified atom stereocenters. The van der Waals surface area contributed by atoms with Crippen LogP contribution in [0.2, 0.25) is 0 Å². The molecule has 0 aromatic rings. The third-order valence-electron chi connectivity index (χ3n) is 5.32. The van der Waals surface area contributed by atoms with Crippen molar-refractivity contribution in [3.63, 3.8) is 0 Å². The molecule has 0 aromatic carbocycles. The lowest BCUT2D eigenvalue weighted by molar-refractivity contribution is -0.133. The van der Waals surface area contributed by atoms with E-state index >= 15 is 0 Å². The van der Waals surface area contributed by atoms with Crippen LogP contribution in [0.1, 0.15) is 46.5 Å². The molecule has 0 saturated carbocycles. The summed E-state index contributed by atoms with van der Waals surface area (Å²) in [6, 6.07) is 2.31. The smallest absolute Gasteiger partial charge is 0.410 e. The van der Waals surface area contributed by atoms with Gasteiger partial charge in [0.05, 0.1) is 19.3 Å². The summed E-state index contributed by atoms with van der Waals surface area (Å²) in [5.41, 5.74) is -0.887. The number of piperidine rings is 1. The predicted molar refractivity (Wildman–Crippen MR) is 105 cm³/mol. The summed E-state index contributed by atoms with van der Waals surface area (Å²) in [6.45, 7) is 10.5. The first kappa shape index (κ1) is 22.4. The first-order chi connectivity index (χ1) is 13.4. The van der Waals surface area contributed by atoms with E-state index in [0.29, 0.717) is 45.6 Å². The highest BCUT2D eigenvalue weighted by Crippen LogP contribution is 2.23. The Morgan fingerprint density at radius 1 is 1.21 bits per heavy atom. The van der Waals surface area contributed by atoms with Crippen LogP contribution in [-0.2, 0) is 14.3 Å². The predicted octanol–water partition coefficient (Wildman–Crippen LogP) is 1.75. The molecule has 1 N–H and O–H groups in total. The molecule has 8 heteroatoms. The van der Waals surface area contributed by atoms with E-state index < -0.39 is 17.7 Å². The fourth-order valence-corrected chi connectivity index (χ4v) is 3.63. The van der Waals surface area contributed by atoms with Gasteiger partial charge in [-0.2, -0.15) is 5.26 Å². The summed E-state index contributed by atoms with van der Waals surface area (Å²) >= 11 is 0. The topological polar surface area (TPSA) is 94.9 Å². The van der Waals surface area contributed by atoms with Crippen LogP contribution in [0.25, 0.3) is 0 Å². The van der Waals surface area contributed by atoms with Crippen LogP contribution in [0.3, 0.4) is 0 Å². The van der Waals surface area contributed by atoms with E-state index in [9.17, 15) is 14.9 Å². The fourth-order valence-electron chi connectivity index (χ4n) is 3.63. The largest absolute Gasteiger partial charge is 0.436 e. The monoisotopic (exact) mass is 394 g/mol. The average molecular weight is 395 g/mol. The number of rotatable bonds is 7. The van der Waals surface area contributed by atoms with Gasteiger partial charge in [0.15, 0.2) is 6.10 Å². The van der Waals surface area contributed by atoms with Crippen molar-refractivity contribution in [3.8, 4) is 6.07 Å². The Labute approximate surface area is 168 Å². The number of likely N-dealkylation sites (tertiary alicyclic amines) is 1. The van der Waals surface area contributed by atoms with E-state index in [0.717, 1.165) is 26.1 Å². The van der Waals surface area contributed by atoms with Gasteiger partial charge in [-0.1, -0.05) is 20.8 Å². The molecular weight excluding hydrogens is 360 g/mol. The van der Waals surface area contributed by atoms with E-state index in [1.54, 1.807) is 4.90 Å². The van der Waals surface area contributed by atoms with Gasteiger partial charge in [0.1, 0.15) is 5.54 Å². The number of nitrogens with one attached hydrogen (secondary N) is 1. The van der Waals surface area contributed by atoms with Crippen molar-refractivity contribution in [2.24, 2.45) is 5.92 Å². The van der Waals surface area contributed by atoms with Gasteiger partial charge in [-0.05, 0) is 38.1 Å². The van der Waals surface area contributed by atoms with Gasteiger partial charge in [0.2, 0.25) is 0 Å². The number of carbonyl (C=O) groups excluding carboxylic acids is 2. The Hall–Kier alpha value is -1.85. The number of nitriles is 1. The van der Waals surface area contributed by atoms with Crippen molar-refractivity contribution in [2.75, 3.05) is 45.9 Å². The van der Waals surface area contributed by atoms with Crippen LogP contribution >= 0.6 is 0 Å². The van der Waals surface area contributed by atoms with Gasteiger partial charge in [-0.3, -0.25) is 4.79 Å². The van der Waals surface area contributed by atoms with Gasteiger partial charge in [-0.15, -0.1) is 0 Å². The van der Waals surface area contributed by atoms with Crippen LogP contribution in [0.15, 0.2) is 0 Å². The maximum atomic E-state index is 12.9. The third-order valence-corrected chi connectivity index (χ3v) is 5.32. The van der Waals surface area contributed by atoms with E-state index in [1.165, 1.54) is 0 Å². The zero-order valence-corrected chi connectivity index (χ0v) is 17.4. The molecule has 2 saturated heterocycles. The highest BCUT2D eigenvalue weighted by atomic mass is 16.6. The van der Waals surface area contributed by atoms with Crippen LogP contribution in [0.4, 0.5) is 4.79 Å². The molecule has 2 heterocycles. The minimum absolute atomic E-state index is 0.178. The molecule has 28 heavy (non-hydrogen) atoms. The second kappa shape index (κ2) is 10.6. The number of morpholine rings is 1. The van der Waals surface area contributed by atoms with Crippen LogP contribution in [0.5, 0.6) is 0 Å². The molecule has 1 atom stereocenters. The quantitative estimate of drug-likeness (QED) is 0.707. The average Bonchev–Trinajstić information content (AvgIpc) is 2.69. The summed E-state index contributed by atoms with van der Waals surface area (Å²) in [6.07, 6.45) is 1.27. The number of hydrogen-bond donors (Lipinski definition) is 1. The van der Waals surface area contributed by atoms with Gasteiger partial charge in [0, 0.05) is 26.2 Å². The maximum absolute atomic E-state index is 12.9. The van der Waals surface area contributed by atoms with E-state index in [4.69, 9.17) is 9.47 Å². The fraction of sp³-hybridized carbons (Fsp3) is 0.850. The SMILES string of the molecule is CCCN1CCC(C#N)(NC(=O)[C@H](CC(C)C)OC(=O)N2CCOCC2)CC1. The van der Waals surface area contributed by atoms with Crippen molar-refractivity contribution in [2.45, 2.75) is 58.1 Å². The van der Waals surface area contributed by atoms with Crippen LogP contribution in [-0.4, -0.2) is 79.4 Å². The summed E-state index contributed by atoms with van der Waals surface area (Å²) in [7, 11) is 0. The maximum Gasteiger partial charge on any atom is 0.410 e. The molecule has 2 fully saturated rings. The Kier molecular flexibility index (Phi) is 8.52. The van der Waals surface area contributed by atoms with E-state index in [-0.39, 0.29) is 11.8 Å². The van der Waals surface area contributed by atoms with E-state index in [1.807, 2.05) is 13.8 Å². The number of hydrogen-bond acceptors (Lipinski definition) is 6. The van der Waals surface area contributed by atoms with Crippen LogP contribution in [0, 0.1) is 17.2 Å². The van der Waals surface area contributed by atoms with Crippen molar-refractivity contribution in [1.29, 1.82) is 5.26 Å². The van der Waals surface area contributed by atoms with Gasteiger partial charge in [-0.25, -0.2) is 4.79 Å². The molecule has 0 aromatic heterocycles. The number of nitrogens with zero attached hydrogens (tertiary/aromatic N) is 3. The second-order valence-electron chi connectivity index (χ2n) is 8.13. The lowest BCUT2D eigenvalue weighted by Crippen LogP contribution is -2.57. The lowest BCUT2D eigenvalue weighted by Gasteiger charge is -2.38. The highest BCUT2D eigenvalue weighted by molar-refractivity contribution is 5.84. The summed E-state index contributed by atoms with van der Waals surface area (Å²) < 4.78 is 10.8. The summed E-state index contributed by atoms with van der Waals surface area (Å²) in [5, 5.41) is 12.7. The van der Waals surface area contributed by atoms with Crippen LogP contribution < -0.4 is 5.32 Å². The van der Waals surface area contributed by atoms with Gasteiger partial charge in [0.25, 0.3) is 5.91 Å². The van der Waals surface area contributed by atoms with Gasteiger partial charge >= 0.3 is 6.09 Å². The van der Waals surface area contributed by atoms with E-state index in [2.05, 4.69) is 23.2 Å². The number of ether oxygens (including phenoxy) is 2. The minimum Gasteiger partial charge on any atom is -0.436 e. The second-order valence-corrected chi connectivity index (χ2v) is 8.13. The minimum atomic E-state index is -0.894. The highest BCUT2D eigenvalue weighted by Gasteiger charge is 2.39. The molecule has 0 aliphatic carbocycles. The standard InChI is InChI=1S/C20H34N4O4/c1-4-7-23-8-5-20(15-21,6-9-23)22-18(25)17(14-16(2)3)28-19(26)24-10-12-27-13-11-24/h16-17H,4-14H2,1-3H3,(H,22,25)/t17-/m0/s1. The molecule has 0 bridgehead atoms.